The van der Waals surface area contributed by atoms with Crippen LogP contribution in [-0.4, -0.2) is 29.5 Å². The average molecular weight is 152 g/mol. The highest BCUT2D eigenvalue weighted by Gasteiger charge is 1.70. The summed E-state index contributed by atoms with van der Waals surface area (Å²) in [6.07, 6.45) is -1.83. The molecule has 5 nitrogen and oxygen atoms in total. The van der Waals surface area contributed by atoms with Crippen LogP contribution < -0.4 is 11.5 Å². The lowest BCUT2D eigenvalue weighted by molar-refractivity contribution is 0.137. The fourth-order valence-electron chi connectivity index (χ4n) is 0.250. The molecule has 0 saturated heterocycles. The van der Waals surface area contributed by atoms with Gasteiger partial charge in [-0.15, -0.1) is 0 Å². The van der Waals surface area contributed by atoms with Gasteiger partial charge in [0.2, 0.25) is 0 Å². The van der Waals surface area contributed by atoms with Gasteiger partial charge in [0.25, 0.3) is 0 Å². The van der Waals surface area contributed by atoms with E-state index in [1.807, 2.05) is 0 Å². The lowest BCUT2D eigenvalue weighted by atomic mass is 10.7. The van der Waals surface area contributed by atoms with Gasteiger partial charge >= 0.3 is 6.16 Å². The summed E-state index contributed by atoms with van der Waals surface area (Å²) in [4.78, 5) is 8.56. The molecule has 0 spiro atoms. The Balaban J connectivity index is -0.0000000910. The van der Waals surface area contributed by atoms with E-state index >= 15 is 0 Å². The van der Waals surface area contributed by atoms with Crippen molar-refractivity contribution in [2.24, 2.45) is 0 Å². The number of rotatable bonds is 2. The molecule has 0 unspecified atom stereocenters. The fraction of sp³-hybridized carbons (Fsp3) is 0.800. The molecule has 0 aliphatic rings. The van der Waals surface area contributed by atoms with Crippen LogP contribution in [0.4, 0.5) is 4.79 Å². The molecule has 0 aliphatic heterocycles. The highest BCUT2D eigenvalue weighted by atomic mass is 16.6. The molecule has 0 aromatic heterocycles. The number of carbonyl (C=O) groups is 1. The van der Waals surface area contributed by atoms with E-state index in [2.05, 4.69) is 19.2 Å². The van der Waals surface area contributed by atoms with Crippen molar-refractivity contribution in [2.75, 3.05) is 13.1 Å². The first-order chi connectivity index (χ1) is 4.15. The molecule has 0 amide bonds. The summed E-state index contributed by atoms with van der Waals surface area (Å²) in [5.41, 5.74) is 0. The van der Waals surface area contributed by atoms with E-state index in [1.165, 1.54) is 0 Å². The normalized spacial score (nSPS) is 6.60. The van der Waals surface area contributed by atoms with Gasteiger partial charge in [0.1, 0.15) is 0 Å². The number of hydrogen-bond donors (Lipinski definition) is 4. The summed E-state index contributed by atoms with van der Waals surface area (Å²) < 4.78 is 0. The minimum absolute atomic E-state index is 0. The molecule has 0 rings (SSSR count). The molecule has 0 aromatic rings. The van der Waals surface area contributed by atoms with Crippen molar-refractivity contribution in [1.82, 2.24) is 11.5 Å². The number of hydrogen-bond acceptors (Lipinski definition) is 3. The molecule has 0 bridgehead atoms. The molecule has 6 N–H and O–H groups in total. The van der Waals surface area contributed by atoms with Crippen molar-refractivity contribution in [1.29, 1.82) is 0 Å². The Morgan fingerprint density at radius 3 is 1.50 bits per heavy atom. The summed E-state index contributed by atoms with van der Waals surface area (Å²) in [5, 5.41) is 17.1. The Hall–Kier alpha value is -0.810. The van der Waals surface area contributed by atoms with Gasteiger partial charge in [0.15, 0.2) is 0 Å². The monoisotopic (exact) mass is 152 g/mol. The van der Waals surface area contributed by atoms with Crippen LogP contribution in [0.2, 0.25) is 0 Å². The van der Waals surface area contributed by atoms with Crippen LogP contribution in [0.25, 0.3) is 0 Å². The SMILES string of the molecule is CCNCC.N.O=C(O)O. The topological polar surface area (TPSA) is 105 Å². The van der Waals surface area contributed by atoms with Crippen molar-refractivity contribution in [3.05, 3.63) is 0 Å². The second-order valence-electron chi connectivity index (χ2n) is 1.24. The van der Waals surface area contributed by atoms with Crippen molar-refractivity contribution in [3.8, 4) is 0 Å². The molecule has 0 heterocycles. The Labute approximate surface area is 60.6 Å². The zero-order chi connectivity index (χ0) is 7.70. The van der Waals surface area contributed by atoms with Crippen LogP contribution in [-0.2, 0) is 0 Å². The van der Waals surface area contributed by atoms with E-state index < -0.39 is 6.16 Å². The minimum Gasteiger partial charge on any atom is -0.450 e. The van der Waals surface area contributed by atoms with Gasteiger partial charge in [-0.2, -0.15) is 0 Å². The third kappa shape index (κ3) is 195. The van der Waals surface area contributed by atoms with E-state index in [1.54, 1.807) is 0 Å². The predicted octanol–water partition coefficient (Wildman–Crippen LogP) is 1.00. The molecule has 0 saturated carbocycles. The zero-order valence-corrected chi connectivity index (χ0v) is 6.42. The molecule has 5 heteroatoms. The molecule has 0 fully saturated rings. The Morgan fingerprint density at radius 1 is 1.30 bits per heavy atom. The van der Waals surface area contributed by atoms with E-state index in [0.717, 1.165) is 13.1 Å². The lowest BCUT2D eigenvalue weighted by Crippen LogP contribution is -2.09. The van der Waals surface area contributed by atoms with Crippen LogP contribution in [0.15, 0.2) is 0 Å². The van der Waals surface area contributed by atoms with Crippen molar-refractivity contribution >= 4 is 6.16 Å². The van der Waals surface area contributed by atoms with Crippen LogP contribution >= 0.6 is 0 Å². The Morgan fingerprint density at radius 2 is 1.50 bits per heavy atom. The summed E-state index contributed by atoms with van der Waals surface area (Å²) in [6.45, 7) is 6.39. The molecule has 0 atom stereocenters. The smallest absolute Gasteiger partial charge is 0.450 e. The summed E-state index contributed by atoms with van der Waals surface area (Å²) in [7, 11) is 0. The van der Waals surface area contributed by atoms with E-state index in [4.69, 9.17) is 15.0 Å². The number of carboxylic acid groups (broad SMARTS) is 2. The zero-order valence-electron chi connectivity index (χ0n) is 6.42. The van der Waals surface area contributed by atoms with Gasteiger partial charge in [-0.05, 0) is 13.1 Å². The lowest BCUT2D eigenvalue weighted by Gasteiger charge is -1.86. The Kier molecular flexibility index (Phi) is 25.3. The van der Waals surface area contributed by atoms with Crippen molar-refractivity contribution < 1.29 is 15.0 Å². The molecule has 10 heavy (non-hydrogen) atoms. The van der Waals surface area contributed by atoms with Gasteiger partial charge in [-0.3, -0.25) is 0 Å². The van der Waals surface area contributed by atoms with Crippen molar-refractivity contribution in [3.63, 3.8) is 0 Å². The predicted molar refractivity (Wildman–Crippen MR) is 39.9 cm³/mol. The summed E-state index contributed by atoms with van der Waals surface area (Å²) >= 11 is 0. The second-order valence-corrected chi connectivity index (χ2v) is 1.24. The molecule has 0 aliphatic carbocycles. The third-order valence-electron chi connectivity index (χ3n) is 0.500. The first-order valence-electron chi connectivity index (χ1n) is 2.77. The summed E-state index contributed by atoms with van der Waals surface area (Å²) in [5.74, 6) is 0. The van der Waals surface area contributed by atoms with Crippen LogP contribution in [0.5, 0.6) is 0 Å². The van der Waals surface area contributed by atoms with Gasteiger partial charge in [-0.1, -0.05) is 13.8 Å². The van der Waals surface area contributed by atoms with Crippen LogP contribution in [0, 0.1) is 0 Å². The fourth-order valence-corrected chi connectivity index (χ4v) is 0.250. The van der Waals surface area contributed by atoms with Crippen LogP contribution in [0.1, 0.15) is 13.8 Å². The quantitative estimate of drug-likeness (QED) is 0.472. The standard InChI is InChI=1S/C4H11N.CH2O3.H3N/c1-3-5-4-2;2-1(3)4;/h5H,3-4H2,1-2H3;(H2,2,3,4);1H3. The third-order valence-corrected chi connectivity index (χ3v) is 0.500. The van der Waals surface area contributed by atoms with E-state index in [9.17, 15) is 0 Å². The van der Waals surface area contributed by atoms with Gasteiger partial charge in [0.05, 0.1) is 0 Å². The van der Waals surface area contributed by atoms with Gasteiger partial charge in [0, 0.05) is 0 Å². The maximum Gasteiger partial charge on any atom is 0.503 e. The first-order valence-corrected chi connectivity index (χ1v) is 2.77. The highest BCUT2D eigenvalue weighted by Crippen LogP contribution is 1.47. The van der Waals surface area contributed by atoms with E-state index in [0.29, 0.717) is 0 Å². The maximum absolute atomic E-state index is 8.56. The second kappa shape index (κ2) is 15.7. The van der Waals surface area contributed by atoms with E-state index in [-0.39, 0.29) is 6.15 Å². The minimum atomic E-state index is -1.83. The highest BCUT2D eigenvalue weighted by molar-refractivity contribution is 5.53. The molecular weight excluding hydrogens is 136 g/mol. The average Bonchev–Trinajstić information content (AvgIpc) is 1.66. The molecular formula is C5H16N2O3. The molecule has 0 aromatic carbocycles. The molecule has 0 radical (unpaired) electrons. The maximum atomic E-state index is 8.56. The number of nitrogens with one attached hydrogen (secondary N) is 1. The van der Waals surface area contributed by atoms with Gasteiger partial charge in [-0.25, -0.2) is 4.79 Å². The van der Waals surface area contributed by atoms with Crippen LogP contribution in [0.3, 0.4) is 0 Å². The van der Waals surface area contributed by atoms with Crippen molar-refractivity contribution in [2.45, 2.75) is 13.8 Å². The molecule has 64 valence electrons. The summed E-state index contributed by atoms with van der Waals surface area (Å²) in [6, 6.07) is 0. The Bertz CT molecular complexity index is 61.9. The largest absolute Gasteiger partial charge is 0.503 e. The van der Waals surface area contributed by atoms with Gasteiger partial charge < -0.3 is 21.7 Å². The first kappa shape index (κ1) is 16.1.